The number of carbonyl (C=O) groups excluding carboxylic acids is 1. The number of rotatable bonds is 4. The summed E-state index contributed by atoms with van der Waals surface area (Å²) in [7, 11) is 0. The third kappa shape index (κ3) is 2.36. The highest BCUT2D eigenvalue weighted by atomic mass is 79.9. The van der Waals surface area contributed by atoms with Gasteiger partial charge in [-0.25, -0.2) is 0 Å². The summed E-state index contributed by atoms with van der Waals surface area (Å²) in [4.78, 5) is 15.6. The van der Waals surface area contributed by atoms with Crippen molar-refractivity contribution >= 4 is 22.2 Å². The number of benzene rings is 1. The van der Waals surface area contributed by atoms with E-state index in [9.17, 15) is 4.79 Å². The number of aryl methyl sites for hydroxylation is 1. The van der Waals surface area contributed by atoms with Gasteiger partial charge in [-0.1, -0.05) is 53.2 Å². The van der Waals surface area contributed by atoms with Gasteiger partial charge in [0, 0.05) is 12.4 Å². The van der Waals surface area contributed by atoms with Crippen molar-refractivity contribution in [3.8, 4) is 0 Å². The zero-order chi connectivity index (χ0) is 13.0. The molecule has 18 heavy (non-hydrogen) atoms. The summed E-state index contributed by atoms with van der Waals surface area (Å²) in [5.74, 6) is 0. The minimum absolute atomic E-state index is 0.812. The topological polar surface area (TPSA) is 30.0 Å². The molecule has 0 radical (unpaired) electrons. The van der Waals surface area contributed by atoms with Gasteiger partial charge in [0.2, 0.25) is 0 Å². The summed E-state index contributed by atoms with van der Waals surface area (Å²) >= 11 is 3.54. The molecule has 0 N–H and O–H groups in total. The Labute approximate surface area is 115 Å². The molecule has 0 saturated carbocycles. The number of aromatic nitrogens is 1. The van der Waals surface area contributed by atoms with Crippen LogP contribution in [0.2, 0.25) is 0 Å². The van der Waals surface area contributed by atoms with E-state index in [1.807, 2.05) is 36.4 Å². The zero-order valence-electron chi connectivity index (χ0n) is 10.1. The van der Waals surface area contributed by atoms with Crippen molar-refractivity contribution in [1.29, 1.82) is 0 Å². The highest BCUT2D eigenvalue weighted by Crippen LogP contribution is 2.36. The molecule has 0 aliphatic carbocycles. The Bertz CT molecular complexity index is 524. The molecule has 0 bridgehead atoms. The van der Waals surface area contributed by atoms with Gasteiger partial charge in [-0.15, -0.1) is 0 Å². The maximum absolute atomic E-state index is 11.5. The van der Waals surface area contributed by atoms with E-state index < -0.39 is 4.32 Å². The van der Waals surface area contributed by atoms with E-state index in [1.54, 1.807) is 12.4 Å². The first kappa shape index (κ1) is 13.0. The summed E-state index contributed by atoms with van der Waals surface area (Å²) in [5.41, 5.74) is 3.01. The first-order valence-electron chi connectivity index (χ1n) is 5.86. The molecular formula is C15H14BrNO. The largest absolute Gasteiger partial charge is 0.301 e. The minimum Gasteiger partial charge on any atom is -0.301 e. The molecular weight excluding hydrogens is 290 g/mol. The Balaban J connectivity index is 2.46. The van der Waals surface area contributed by atoms with E-state index in [0.717, 1.165) is 23.8 Å². The summed E-state index contributed by atoms with van der Waals surface area (Å²) in [6.07, 6.45) is 5.30. The van der Waals surface area contributed by atoms with Crippen molar-refractivity contribution in [3.63, 3.8) is 0 Å². The molecule has 1 atom stereocenters. The van der Waals surface area contributed by atoms with Crippen LogP contribution >= 0.6 is 15.9 Å². The quantitative estimate of drug-likeness (QED) is 0.639. The van der Waals surface area contributed by atoms with Crippen LogP contribution in [0.25, 0.3) is 0 Å². The van der Waals surface area contributed by atoms with Gasteiger partial charge in [-0.3, -0.25) is 4.98 Å². The molecule has 1 aromatic heterocycles. The van der Waals surface area contributed by atoms with Gasteiger partial charge in [-0.2, -0.15) is 0 Å². The maximum Gasteiger partial charge on any atom is 0.145 e. The summed E-state index contributed by atoms with van der Waals surface area (Å²) in [6.45, 7) is 2.11. The van der Waals surface area contributed by atoms with Crippen LogP contribution in [0, 0.1) is 0 Å². The molecule has 0 saturated heterocycles. The Hall–Kier alpha value is -1.48. The van der Waals surface area contributed by atoms with Gasteiger partial charge in [-0.05, 0) is 29.2 Å². The molecule has 2 nitrogen and oxygen atoms in total. The second-order valence-corrected chi connectivity index (χ2v) is 5.37. The van der Waals surface area contributed by atoms with Crippen LogP contribution in [0.4, 0.5) is 0 Å². The van der Waals surface area contributed by atoms with E-state index >= 15 is 0 Å². The highest BCUT2D eigenvalue weighted by Gasteiger charge is 2.30. The van der Waals surface area contributed by atoms with E-state index in [-0.39, 0.29) is 0 Å². The lowest BCUT2D eigenvalue weighted by Gasteiger charge is -2.21. The molecule has 1 unspecified atom stereocenters. The standard InChI is InChI=1S/C15H14BrNO/c1-2-12-5-7-13(8-6-12)15(16,11-18)14-4-3-9-17-10-14/h3-11H,2H2,1H3. The molecule has 0 spiro atoms. The Kier molecular flexibility index (Phi) is 3.92. The number of nitrogens with zero attached hydrogens (tertiary/aromatic N) is 1. The molecule has 0 amide bonds. The van der Waals surface area contributed by atoms with Crippen LogP contribution in [0.15, 0.2) is 48.8 Å². The molecule has 2 aromatic rings. The van der Waals surface area contributed by atoms with Crippen molar-refractivity contribution in [3.05, 3.63) is 65.5 Å². The highest BCUT2D eigenvalue weighted by molar-refractivity contribution is 9.10. The fourth-order valence-electron chi connectivity index (χ4n) is 1.86. The van der Waals surface area contributed by atoms with Gasteiger partial charge >= 0.3 is 0 Å². The van der Waals surface area contributed by atoms with Crippen LogP contribution in [0.3, 0.4) is 0 Å². The van der Waals surface area contributed by atoms with E-state index in [0.29, 0.717) is 0 Å². The fourth-order valence-corrected chi connectivity index (χ4v) is 2.36. The van der Waals surface area contributed by atoms with E-state index in [2.05, 4.69) is 27.8 Å². The van der Waals surface area contributed by atoms with Crippen LogP contribution in [0.1, 0.15) is 23.6 Å². The first-order chi connectivity index (χ1) is 8.70. The van der Waals surface area contributed by atoms with Crippen molar-refractivity contribution in [1.82, 2.24) is 4.98 Å². The van der Waals surface area contributed by atoms with Crippen molar-refractivity contribution in [2.24, 2.45) is 0 Å². The fraction of sp³-hybridized carbons (Fsp3) is 0.200. The number of aldehydes is 1. The third-order valence-electron chi connectivity index (χ3n) is 3.03. The number of halogens is 1. The molecule has 3 heteroatoms. The lowest BCUT2D eigenvalue weighted by Crippen LogP contribution is -2.21. The maximum atomic E-state index is 11.5. The van der Waals surface area contributed by atoms with Gasteiger partial charge in [0.05, 0.1) is 0 Å². The third-order valence-corrected chi connectivity index (χ3v) is 4.13. The van der Waals surface area contributed by atoms with Crippen LogP contribution < -0.4 is 0 Å². The van der Waals surface area contributed by atoms with Gasteiger partial charge in [0.15, 0.2) is 0 Å². The van der Waals surface area contributed by atoms with Crippen LogP contribution in [-0.2, 0) is 15.5 Å². The predicted octanol–water partition coefficient (Wildman–Crippen LogP) is 3.48. The second-order valence-electron chi connectivity index (χ2n) is 4.12. The SMILES string of the molecule is CCc1ccc(C(Br)(C=O)c2cccnc2)cc1. The number of hydrogen-bond donors (Lipinski definition) is 0. The average Bonchev–Trinajstić information content (AvgIpc) is 2.47. The Morgan fingerprint density at radius 3 is 2.44 bits per heavy atom. The molecule has 0 aliphatic heterocycles. The number of pyridine rings is 1. The zero-order valence-corrected chi connectivity index (χ0v) is 11.7. The van der Waals surface area contributed by atoms with Crippen molar-refractivity contribution in [2.45, 2.75) is 17.7 Å². The first-order valence-corrected chi connectivity index (χ1v) is 6.65. The molecule has 0 aliphatic rings. The molecule has 0 fully saturated rings. The molecule has 2 rings (SSSR count). The second kappa shape index (κ2) is 5.44. The summed E-state index contributed by atoms with van der Waals surface area (Å²) in [6, 6.07) is 11.8. The number of hydrogen-bond acceptors (Lipinski definition) is 2. The molecule has 1 aromatic carbocycles. The number of alkyl halides is 1. The van der Waals surface area contributed by atoms with Gasteiger partial charge in [0.25, 0.3) is 0 Å². The van der Waals surface area contributed by atoms with Crippen LogP contribution in [-0.4, -0.2) is 11.3 Å². The normalized spacial score (nSPS) is 13.9. The Morgan fingerprint density at radius 2 is 1.94 bits per heavy atom. The lowest BCUT2D eigenvalue weighted by atomic mass is 9.92. The summed E-state index contributed by atoms with van der Waals surface area (Å²) in [5, 5.41) is 0. The van der Waals surface area contributed by atoms with Gasteiger partial charge < -0.3 is 4.79 Å². The predicted molar refractivity (Wildman–Crippen MR) is 75.8 cm³/mol. The van der Waals surface area contributed by atoms with Crippen molar-refractivity contribution in [2.75, 3.05) is 0 Å². The van der Waals surface area contributed by atoms with Crippen molar-refractivity contribution < 1.29 is 4.79 Å². The minimum atomic E-state index is -0.812. The van der Waals surface area contributed by atoms with Crippen LogP contribution in [0.5, 0.6) is 0 Å². The van der Waals surface area contributed by atoms with Gasteiger partial charge in [0.1, 0.15) is 10.6 Å². The monoisotopic (exact) mass is 303 g/mol. The lowest BCUT2D eigenvalue weighted by molar-refractivity contribution is -0.109. The molecule has 92 valence electrons. The number of carbonyl (C=O) groups is 1. The average molecular weight is 304 g/mol. The summed E-state index contributed by atoms with van der Waals surface area (Å²) < 4.78 is -0.812. The van der Waals surface area contributed by atoms with E-state index in [4.69, 9.17) is 0 Å². The molecule has 1 heterocycles. The Morgan fingerprint density at radius 1 is 1.22 bits per heavy atom. The smallest absolute Gasteiger partial charge is 0.145 e. The van der Waals surface area contributed by atoms with E-state index in [1.165, 1.54) is 5.56 Å².